The van der Waals surface area contributed by atoms with Gasteiger partial charge in [-0.2, -0.15) is 0 Å². The lowest BCUT2D eigenvalue weighted by Crippen LogP contribution is -2.37. The van der Waals surface area contributed by atoms with Crippen molar-refractivity contribution in [1.29, 1.82) is 0 Å². The lowest BCUT2D eigenvalue weighted by Gasteiger charge is -2.26. The van der Waals surface area contributed by atoms with Gasteiger partial charge in [0.1, 0.15) is 11.5 Å². The van der Waals surface area contributed by atoms with Gasteiger partial charge in [0.2, 0.25) is 0 Å². The summed E-state index contributed by atoms with van der Waals surface area (Å²) in [6.07, 6.45) is 0.942. The summed E-state index contributed by atoms with van der Waals surface area (Å²) in [5.41, 5.74) is 3.12. The molecule has 142 valence electrons. The van der Waals surface area contributed by atoms with Crippen LogP contribution in [0.4, 0.5) is 0 Å². The molecule has 0 amide bonds. The van der Waals surface area contributed by atoms with Crippen LogP contribution in [-0.2, 0) is 4.74 Å². The second kappa shape index (κ2) is 8.11. The molecule has 2 aromatic rings. The number of benzene rings is 2. The molecule has 1 saturated heterocycles. The fraction of sp³-hybridized carbons (Fsp3) is 0.409. The minimum atomic E-state index is 0.0420. The fourth-order valence-corrected chi connectivity index (χ4v) is 3.79. The van der Waals surface area contributed by atoms with Crippen molar-refractivity contribution in [1.82, 2.24) is 4.90 Å². The number of ether oxygens (including phenoxy) is 3. The van der Waals surface area contributed by atoms with Crippen molar-refractivity contribution in [2.75, 3.05) is 46.1 Å². The molecule has 2 aliphatic rings. The minimum Gasteiger partial charge on any atom is -0.493 e. The van der Waals surface area contributed by atoms with Gasteiger partial charge in [0.25, 0.3) is 0 Å². The largest absolute Gasteiger partial charge is 0.493 e. The molecule has 5 nitrogen and oxygen atoms in total. The summed E-state index contributed by atoms with van der Waals surface area (Å²) in [6, 6.07) is 11.4. The summed E-state index contributed by atoms with van der Waals surface area (Å²) < 4.78 is 17.3. The molecule has 1 aliphatic heterocycles. The topological polar surface area (TPSA) is 48.0 Å². The Kier molecular flexibility index (Phi) is 5.41. The lowest BCUT2D eigenvalue weighted by molar-refractivity contribution is 0.0358. The third-order valence-electron chi connectivity index (χ3n) is 5.07. The molecule has 4 rings (SSSR count). The molecule has 0 bridgehead atoms. The number of hydrogen-bond acceptors (Lipinski definition) is 5. The van der Waals surface area contributed by atoms with Crippen molar-refractivity contribution in [2.24, 2.45) is 0 Å². The summed E-state index contributed by atoms with van der Waals surface area (Å²) in [4.78, 5) is 15.2. The van der Waals surface area contributed by atoms with E-state index in [-0.39, 0.29) is 5.78 Å². The van der Waals surface area contributed by atoms with Crippen molar-refractivity contribution in [3.63, 3.8) is 0 Å². The Morgan fingerprint density at radius 1 is 0.963 bits per heavy atom. The van der Waals surface area contributed by atoms with Crippen molar-refractivity contribution < 1.29 is 19.0 Å². The smallest absolute Gasteiger partial charge is 0.194 e. The van der Waals surface area contributed by atoms with E-state index in [9.17, 15) is 4.79 Å². The van der Waals surface area contributed by atoms with Gasteiger partial charge in [0.05, 0.1) is 26.4 Å². The highest BCUT2D eigenvalue weighted by Gasteiger charge is 2.32. The van der Waals surface area contributed by atoms with Crippen LogP contribution < -0.4 is 9.47 Å². The zero-order chi connectivity index (χ0) is 18.6. The second-order valence-electron chi connectivity index (χ2n) is 6.78. The second-order valence-corrected chi connectivity index (χ2v) is 6.78. The summed E-state index contributed by atoms with van der Waals surface area (Å²) in [5.74, 6) is 1.54. The molecule has 0 radical (unpaired) electrons. The number of nitrogens with zero attached hydrogens (tertiary/aromatic N) is 1. The summed E-state index contributed by atoms with van der Waals surface area (Å²) in [6.45, 7) is 7.72. The van der Waals surface area contributed by atoms with Gasteiger partial charge in [-0.05, 0) is 25.5 Å². The first-order valence-electron chi connectivity index (χ1n) is 9.66. The molecule has 27 heavy (non-hydrogen) atoms. The van der Waals surface area contributed by atoms with Crippen LogP contribution in [0.5, 0.6) is 11.5 Å². The predicted molar refractivity (Wildman–Crippen MR) is 104 cm³/mol. The number of morpholine rings is 1. The molecule has 0 aromatic heterocycles. The van der Waals surface area contributed by atoms with Gasteiger partial charge in [0.15, 0.2) is 5.78 Å². The Morgan fingerprint density at radius 2 is 1.59 bits per heavy atom. The van der Waals surface area contributed by atoms with Crippen LogP contribution in [0.3, 0.4) is 0 Å². The van der Waals surface area contributed by atoms with E-state index in [2.05, 4.69) is 4.90 Å². The predicted octanol–water partition coefficient (Wildman–Crippen LogP) is 3.40. The van der Waals surface area contributed by atoms with Crippen LogP contribution in [0, 0.1) is 0 Å². The minimum absolute atomic E-state index is 0.0420. The van der Waals surface area contributed by atoms with E-state index >= 15 is 0 Å². The summed E-state index contributed by atoms with van der Waals surface area (Å²) in [7, 11) is 0. The number of ketones is 1. The maximum Gasteiger partial charge on any atom is 0.194 e. The third kappa shape index (κ3) is 3.57. The standard InChI is InChI=1S/C22H25NO4/c1-2-26-18-8-3-6-16-20(18)21-17(22(16)24)7-4-9-19(21)27-13-5-10-23-11-14-25-15-12-23/h3-4,6-9H,2,5,10-15H2,1H3. The lowest BCUT2D eigenvalue weighted by atomic mass is 10.0. The SMILES string of the molecule is CCOc1cccc2c1-c1c(OCCCN3CCOCC3)cccc1C2=O. The average molecular weight is 367 g/mol. The molecule has 0 spiro atoms. The van der Waals surface area contributed by atoms with Crippen molar-refractivity contribution >= 4 is 5.78 Å². The van der Waals surface area contributed by atoms with Crippen LogP contribution in [-0.4, -0.2) is 56.7 Å². The molecule has 1 heterocycles. The van der Waals surface area contributed by atoms with Gasteiger partial charge in [-0.3, -0.25) is 9.69 Å². The molecule has 1 fully saturated rings. The van der Waals surface area contributed by atoms with Crippen molar-refractivity contribution in [3.8, 4) is 22.6 Å². The molecular formula is C22H25NO4. The third-order valence-corrected chi connectivity index (χ3v) is 5.07. The monoisotopic (exact) mass is 367 g/mol. The van der Waals surface area contributed by atoms with Gasteiger partial charge in [-0.1, -0.05) is 24.3 Å². The van der Waals surface area contributed by atoms with Gasteiger partial charge in [-0.25, -0.2) is 0 Å². The van der Waals surface area contributed by atoms with Gasteiger partial charge in [-0.15, -0.1) is 0 Å². The molecule has 5 heteroatoms. The summed E-state index contributed by atoms with van der Waals surface area (Å²) in [5, 5.41) is 0. The number of rotatable bonds is 7. The van der Waals surface area contributed by atoms with Gasteiger partial charge >= 0.3 is 0 Å². The van der Waals surface area contributed by atoms with Crippen LogP contribution in [0.15, 0.2) is 36.4 Å². The Morgan fingerprint density at radius 3 is 2.22 bits per heavy atom. The maximum atomic E-state index is 12.8. The zero-order valence-electron chi connectivity index (χ0n) is 15.7. The van der Waals surface area contributed by atoms with E-state index in [1.807, 2.05) is 43.3 Å². The van der Waals surface area contributed by atoms with Crippen LogP contribution in [0.2, 0.25) is 0 Å². The molecule has 1 aliphatic carbocycles. The van der Waals surface area contributed by atoms with Crippen LogP contribution in [0.25, 0.3) is 11.1 Å². The molecule has 0 N–H and O–H groups in total. The number of carbonyl (C=O) groups is 1. The van der Waals surface area contributed by atoms with E-state index in [1.54, 1.807) is 0 Å². The quantitative estimate of drug-likeness (QED) is 0.599. The van der Waals surface area contributed by atoms with E-state index in [0.717, 1.165) is 61.9 Å². The Hall–Kier alpha value is -2.37. The maximum absolute atomic E-state index is 12.8. The Labute approximate surface area is 159 Å². The van der Waals surface area contributed by atoms with Crippen molar-refractivity contribution in [3.05, 3.63) is 47.5 Å². The Balaban J connectivity index is 1.52. The van der Waals surface area contributed by atoms with E-state index in [0.29, 0.717) is 24.3 Å². The molecule has 0 atom stereocenters. The van der Waals surface area contributed by atoms with Crippen molar-refractivity contribution in [2.45, 2.75) is 13.3 Å². The van der Waals surface area contributed by atoms with Crippen LogP contribution in [0.1, 0.15) is 29.3 Å². The highest BCUT2D eigenvalue weighted by molar-refractivity contribution is 6.23. The molecular weight excluding hydrogens is 342 g/mol. The highest BCUT2D eigenvalue weighted by Crippen LogP contribution is 2.47. The summed E-state index contributed by atoms with van der Waals surface area (Å²) >= 11 is 0. The number of fused-ring (bicyclic) bond motifs is 3. The molecule has 2 aromatic carbocycles. The first kappa shape index (κ1) is 18.0. The fourth-order valence-electron chi connectivity index (χ4n) is 3.79. The van der Waals surface area contributed by atoms with Gasteiger partial charge < -0.3 is 14.2 Å². The first-order valence-corrected chi connectivity index (χ1v) is 9.66. The molecule has 0 saturated carbocycles. The zero-order valence-corrected chi connectivity index (χ0v) is 15.7. The highest BCUT2D eigenvalue weighted by atomic mass is 16.5. The first-order chi connectivity index (χ1) is 13.3. The number of hydrogen-bond donors (Lipinski definition) is 0. The van der Waals surface area contributed by atoms with E-state index in [4.69, 9.17) is 14.2 Å². The molecule has 0 unspecified atom stereocenters. The van der Waals surface area contributed by atoms with E-state index < -0.39 is 0 Å². The average Bonchev–Trinajstić information content (AvgIpc) is 3.01. The Bertz CT molecular complexity index is 827. The van der Waals surface area contributed by atoms with Gasteiger partial charge in [0, 0.05) is 41.9 Å². The van der Waals surface area contributed by atoms with Crippen LogP contribution >= 0.6 is 0 Å². The normalized spacial score (nSPS) is 16.1. The van der Waals surface area contributed by atoms with E-state index in [1.165, 1.54) is 0 Å². The number of carbonyl (C=O) groups excluding carboxylic acids is 1.